The van der Waals surface area contributed by atoms with Crippen LogP contribution in [0.4, 0.5) is 5.69 Å². The van der Waals surface area contributed by atoms with Crippen LogP contribution in [-0.2, 0) is 17.8 Å². The van der Waals surface area contributed by atoms with E-state index < -0.39 is 4.92 Å². The minimum absolute atomic E-state index is 0.0141. The molecule has 0 aliphatic heterocycles. The van der Waals surface area contributed by atoms with E-state index in [1.807, 2.05) is 12.1 Å². The lowest BCUT2D eigenvalue weighted by Crippen LogP contribution is -2.33. The smallest absolute Gasteiger partial charge is 0.269 e. The van der Waals surface area contributed by atoms with Crippen LogP contribution >= 0.6 is 0 Å². The van der Waals surface area contributed by atoms with Crippen LogP contribution in [0.3, 0.4) is 0 Å². The molecule has 8 heteroatoms. The molecule has 34 heavy (non-hydrogen) atoms. The fourth-order valence-corrected chi connectivity index (χ4v) is 3.95. The van der Waals surface area contributed by atoms with E-state index in [2.05, 4.69) is 11.9 Å². The zero-order valence-corrected chi connectivity index (χ0v) is 19.1. The third-order valence-electron chi connectivity index (χ3n) is 5.61. The molecule has 0 atom stereocenters. The lowest BCUT2D eigenvalue weighted by Gasteiger charge is -2.16. The summed E-state index contributed by atoms with van der Waals surface area (Å²) >= 11 is 0. The van der Waals surface area contributed by atoms with E-state index >= 15 is 0 Å². The van der Waals surface area contributed by atoms with Gasteiger partial charge in [-0.25, -0.2) is 0 Å². The Morgan fingerprint density at radius 2 is 2.09 bits per heavy atom. The Morgan fingerprint density at radius 1 is 1.32 bits per heavy atom. The van der Waals surface area contributed by atoms with Crippen molar-refractivity contribution in [2.24, 2.45) is 0 Å². The second-order valence-corrected chi connectivity index (χ2v) is 8.04. The number of carbonyl (C=O) groups excluding carboxylic acids is 1. The Bertz CT molecular complexity index is 1140. The van der Waals surface area contributed by atoms with Gasteiger partial charge in [0.25, 0.3) is 11.6 Å². The molecule has 1 aliphatic rings. The molecule has 1 N–H and O–H groups in total. The summed E-state index contributed by atoms with van der Waals surface area (Å²) in [6, 6.07) is 11.8. The SMILES string of the molecule is C=CCc1cc(/C=C(/C#N)C(=O)NC2CCCC2)cc(OC)c1OCc1cccc([N+](=O)[O-])c1. The molecule has 2 aromatic rings. The van der Waals surface area contributed by atoms with Crippen molar-refractivity contribution in [3.8, 4) is 17.6 Å². The van der Waals surface area contributed by atoms with Crippen LogP contribution in [0.1, 0.15) is 42.4 Å². The monoisotopic (exact) mass is 461 g/mol. The number of nitriles is 1. The molecule has 0 bridgehead atoms. The van der Waals surface area contributed by atoms with Crippen LogP contribution in [0, 0.1) is 21.4 Å². The largest absolute Gasteiger partial charge is 0.493 e. The highest BCUT2D eigenvalue weighted by Crippen LogP contribution is 2.35. The highest BCUT2D eigenvalue weighted by molar-refractivity contribution is 6.01. The van der Waals surface area contributed by atoms with Gasteiger partial charge in [0.15, 0.2) is 11.5 Å². The molecular formula is C26H27N3O5. The van der Waals surface area contributed by atoms with Crippen molar-refractivity contribution < 1.29 is 19.2 Å². The Balaban J connectivity index is 1.87. The summed E-state index contributed by atoms with van der Waals surface area (Å²) in [5, 5.41) is 23.5. The molecule has 1 saturated carbocycles. The van der Waals surface area contributed by atoms with Gasteiger partial charge in [-0.05, 0) is 48.6 Å². The normalized spacial score (nSPS) is 13.7. The number of benzene rings is 2. The minimum Gasteiger partial charge on any atom is -0.493 e. The van der Waals surface area contributed by atoms with E-state index in [1.54, 1.807) is 24.3 Å². The van der Waals surface area contributed by atoms with Gasteiger partial charge in [0, 0.05) is 23.7 Å². The van der Waals surface area contributed by atoms with E-state index in [-0.39, 0.29) is 29.8 Å². The van der Waals surface area contributed by atoms with Crippen molar-refractivity contribution in [2.75, 3.05) is 7.11 Å². The average Bonchev–Trinajstić information content (AvgIpc) is 3.34. The number of amides is 1. The van der Waals surface area contributed by atoms with Gasteiger partial charge in [-0.3, -0.25) is 14.9 Å². The lowest BCUT2D eigenvalue weighted by molar-refractivity contribution is -0.384. The second kappa shape index (κ2) is 11.7. The first-order chi connectivity index (χ1) is 16.4. The summed E-state index contributed by atoms with van der Waals surface area (Å²) in [6.45, 7) is 3.89. The van der Waals surface area contributed by atoms with Gasteiger partial charge in [-0.15, -0.1) is 6.58 Å². The molecule has 0 unspecified atom stereocenters. The minimum atomic E-state index is -0.454. The van der Waals surface area contributed by atoms with Crippen molar-refractivity contribution in [1.29, 1.82) is 5.26 Å². The van der Waals surface area contributed by atoms with Crippen molar-refractivity contribution >= 4 is 17.7 Å². The molecule has 8 nitrogen and oxygen atoms in total. The summed E-state index contributed by atoms with van der Waals surface area (Å²) < 4.78 is 11.5. The third-order valence-corrected chi connectivity index (χ3v) is 5.61. The average molecular weight is 462 g/mol. The van der Waals surface area contributed by atoms with Gasteiger partial charge in [-0.1, -0.05) is 31.1 Å². The highest BCUT2D eigenvalue weighted by Gasteiger charge is 2.20. The lowest BCUT2D eigenvalue weighted by atomic mass is 10.0. The predicted molar refractivity (Wildman–Crippen MR) is 128 cm³/mol. The quantitative estimate of drug-likeness (QED) is 0.177. The summed E-state index contributed by atoms with van der Waals surface area (Å²) in [4.78, 5) is 23.2. The Kier molecular flexibility index (Phi) is 8.41. The number of hydrogen-bond donors (Lipinski definition) is 1. The van der Waals surface area contributed by atoms with E-state index in [9.17, 15) is 20.2 Å². The number of ether oxygens (including phenoxy) is 2. The molecule has 2 aromatic carbocycles. The van der Waals surface area contributed by atoms with Gasteiger partial charge in [0.05, 0.1) is 12.0 Å². The second-order valence-electron chi connectivity index (χ2n) is 8.04. The first kappa shape index (κ1) is 24.5. The molecule has 3 rings (SSSR count). The molecule has 1 amide bonds. The van der Waals surface area contributed by atoms with Gasteiger partial charge in [0.2, 0.25) is 0 Å². The van der Waals surface area contributed by atoms with Crippen LogP contribution in [0.2, 0.25) is 0 Å². The van der Waals surface area contributed by atoms with Crippen molar-refractivity contribution in [3.05, 3.63) is 81.4 Å². The zero-order valence-electron chi connectivity index (χ0n) is 19.1. The third kappa shape index (κ3) is 6.23. The molecule has 0 saturated heterocycles. The van der Waals surface area contributed by atoms with Gasteiger partial charge in [-0.2, -0.15) is 5.26 Å². The number of nitrogens with one attached hydrogen (secondary N) is 1. The van der Waals surface area contributed by atoms with Crippen molar-refractivity contribution in [2.45, 2.75) is 44.8 Å². The van der Waals surface area contributed by atoms with Gasteiger partial charge >= 0.3 is 0 Å². The molecule has 0 heterocycles. The van der Waals surface area contributed by atoms with Crippen LogP contribution in [0.15, 0.2) is 54.6 Å². The molecule has 0 aromatic heterocycles. The first-order valence-corrected chi connectivity index (χ1v) is 11.1. The van der Waals surface area contributed by atoms with Crippen LogP contribution in [0.25, 0.3) is 6.08 Å². The molecule has 1 aliphatic carbocycles. The van der Waals surface area contributed by atoms with Crippen molar-refractivity contribution in [3.63, 3.8) is 0 Å². The van der Waals surface area contributed by atoms with E-state index in [0.29, 0.717) is 29.0 Å². The first-order valence-electron chi connectivity index (χ1n) is 11.1. The number of nitrogens with zero attached hydrogens (tertiary/aromatic N) is 2. The van der Waals surface area contributed by atoms with Crippen molar-refractivity contribution in [1.82, 2.24) is 5.32 Å². The van der Waals surface area contributed by atoms with Gasteiger partial charge < -0.3 is 14.8 Å². The summed E-state index contributed by atoms with van der Waals surface area (Å²) in [5.41, 5.74) is 2.01. The summed E-state index contributed by atoms with van der Waals surface area (Å²) in [7, 11) is 1.50. The number of nitro benzene ring substituents is 1. The predicted octanol–water partition coefficient (Wildman–Crippen LogP) is 4.88. The molecule has 176 valence electrons. The number of non-ortho nitro benzene ring substituents is 1. The number of nitro groups is 1. The maximum absolute atomic E-state index is 12.6. The Morgan fingerprint density at radius 3 is 2.74 bits per heavy atom. The van der Waals surface area contributed by atoms with Crippen LogP contribution < -0.4 is 14.8 Å². The fraction of sp³-hybridized carbons (Fsp3) is 0.308. The van der Waals surface area contributed by atoms with E-state index in [0.717, 1.165) is 31.2 Å². The number of carbonyl (C=O) groups is 1. The number of methoxy groups -OCH3 is 1. The number of allylic oxidation sites excluding steroid dienone is 1. The molecular weight excluding hydrogens is 434 g/mol. The zero-order chi connectivity index (χ0) is 24.5. The highest BCUT2D eigenvalue weighted by atomic mass is 16.6. The maximum atomic E-state index is 12.6. The number of rotatable bonds is 10. The summed E-state index contributed by atoms with van der Waals surface area (Å²) in [6.07, 6.45) is 7.71. The summed E-state index contributed by atoms with van der Waals surface area (Å²) in [5.74, 6) is 0.508. The topological polar surface area (TPSA) is 114 Å². The Hall–Kier alpha value is -4.12. The Labute approximate surface area is 198 Å². The van der Waals surface area contributed by atoms with E-state index in [4.69, 9.17) is 9.47 Å². The standard InChI is InChI=1S/C26H27N3O5/c1-3-7-20-12-19(13-21(16-27)26(30)28-22-9-4-5-10-22)15-24(33-2)25(20)34-17-18-8-6-11-23(14-18)29(31)32/h3,6,8,11-15,22H,1,4-5,7,9-10,17H2,2H3,(H,28,30)/b21-13-. The van der Waals surface area contributed by atoms with Gasteiger partial charge in [0.1, 0.15) is 18.2 Å². The molecule has 0 spiro atoms. The van der Waals surface area contributed by atoms with Crippen LogP contribution in [-0.4, -0.2) is 24.0 Å². The van der Waals surface area contributed by atoms with Crippen LogP contribution in [0.5, 0.6) is 11.5 Å². The molecule has 0 radical (unpaired) electrons. The molecule has 1 fully saturated rings. The fourth-order valence-electron chi connectivity index (χ4n) is 3.95. The number of hydrogen-bond acceptors (Lipinski definition) is 6. The maximum Gasteiger partial charge on any atom is 0.269 e. The van der Waals surface area contributed by atoms with E-state index in [1.165, 1.54) is 25.3 Å².